The van der Waals surface area contributed by atoms with Gasteiger partial charge in [0, 0.05) is 56.7 Å². The third kappa shape index (κ3) is 6.49. The van der Waals surface area contributed by atoms with Crippen LogP contribution in [0, 0.1) is 0 Å². The number of benzene rings is 2. The fraction of sp³-hybridized carbons (Fsp3) is 0.370. The number of rotatable bonds is 6. The smallest absolute Gasteiger partial charge is 0.353 e. The van der Waals surface area contributed by atoms with Crippen LogP contribution in [0.1, 0.15) is 16.7 Å². The van der Waals surface area contributed by atoms with Crippen LogP contribution in [-0.2, 0) is 17.5 Å². The number of amidine groups is 1. The average molecular weight is 577 g/mol. The SMILES string of the molecule is CN1CCN(CCN(C)C2=NC(=O)C(=Cc3ccc4c(cnn4Cc4ccc(Cl)cc4C(F)(F)F)c3)S2)CC1. The van der Waals surface area contributed by atoms with Crippen molar-refractivity contribution in [2.24, 2.45) is 4.99 Å². The first kappa shape index (κ1) is 27.7. The Balaban J connectivity index is 1.26. The Morgan fingerprint density at radius 3 is 2.64 bits per heavy atom. The van der Waals surface area contributed by atoms with Gasteiger partial charge >= 0.3 is 6.18 Å². The molecule has 0 unspecified atom stereocenters. The molecule has 3 heterocycles. The molecule has 1 aromatic heterocycles. The number of thioether (sulfide) groups is 1. The second-order valence-corrected chi connectivity index (χ2v) is 11.2. The Kier molecular flexibility index (Phi) is 8.04. The van der Waals surface area contributed by atoms with Gasteiger partial charge in [0.05, 0.1) is 28.7 Å². The Labute approximate surface area is 233 Å². The number of likely N-dealkylation sites (N-methyl/N-ethyl adjacent to an activating group) is 2. The highest BCUT2D eigenvalue weighted by Crippen LogP contribution is 2.35. The molecule has 39 heavy (non-hydrogen) atoms. The lowest BCUT2D eigenvalue weighted by molar-refractivity contribution is -0.138. The van der Waals surface area contributed by atoms with Crippen LogP contribution in [0.4, 0.5) is 13.2 Å². The topological polar surface area (TPSA) is 57.0 Å². The molecule has 206 valence electrons. The summed E-state index contributed by atoms with van der Waals surface area (Å²) in [6.45, 7) is 5.84. The van der Waals surface area contributed by atoms with Gasteiger partial charge in [-0.15, -0.1) is 0 Å². The summed E-state index contributed by atoms with van der Waals surface area (Å²) in [6, 6.07) is 9.23. The Bertz CT molecular complexity index is 1450. The van der Waals surface area contributed by atoms with Crippen molar-refractivity contribution in [1.82, 2.24) is 24.5 Å². The van der Waals surface area contributed by atoms with Gasteiger partial charge in [-0.1, -0.05) is 23.7 Å². The summed E-state index contributed by atoms with van der Waals surface area (Å²) >= 11 is 7.16. The molecule has 12 heteroatoms. The number of hydrogen-bond donors (Lipinski definition) is 0. The van der Waals surface area contributed by atoms with Crippen molar-refractivity contribution >= 4 is 51.4 Å². The lowest BCUT2D eigenvalue weighted by atomic mass is 10.1. The monoisotopic (exact) mass is 576 g/mol. The maximum Gasteiger partial charge on any atom is 0.416 e. The summed E-state index contributed by atoms with van der Waals surface area (Å²) < 4.78 is 42.1. The van der Waals surface area contributed by atoms with Crippen molar-refractivity contribution < 1.29 is 18.0 Å². The van der Waals surface area contributed by atoms with Crippen LogP contribution < -0.4 is 0 Å². The van der Waals surface area contributed by atoms with Gasteiger partial charge in [0.2, 0.25) is 0 Å². The molecule has 2 aliphatic rings. The number of amides is 1. The second-order valence-electron chi connectivity index (χ2n) is 9.80. The quantitative estimate of drug-likeness (QED) is 0.389. The lowest BCUT2D eigenvalue weighted by Gasteiger charge is -2.33. The van der Waals surface area contributed by atoms with E-state index in [1.807, 2.05) is 24.1 Å². The maximum absolute atomic E-state index is 13.5. The van der Waals surface area contributed by atoms with E-state index in [-0.39, 0.29) is 23.0 Å². The summed E-state index contributed by atoms with van der Waals surface area (Å²) in [7, 11) is 4.08. The molecule has 0 N–H and O–H groups in total. The summed E-state index contributed by atoms with van der Waals surface area (Å²) in [5, 5.41) is 5.78. The molecule has 2 aliphatic heterocycles. The largest absolute Gasteiger partial charge is 0.416 e. The summed E-state index contributed by atoms with van der Waals surface area (Å²) in [4.78, 5) is 24.1. The van der Waals surface area contributed by atoms with Crippen LogP contribution in [-0.4, -0.2) is 88.9 Å². The molecule has 0 atom stereocenters. The van der Waals surface area contributed by atoms with Crippen molar-refractivity contribution in [2.45, 2.75) is 12.7 Å². The van der Waals surface area contributed by atoms with Crippen molar-refractivity contribution in [2.75, 3.05) is 53.4 Å². The molecular weight excluding hydrogens is 549 g/mol. The van der Waals surface area contributed by atoms with E-state index in [0.29, 0.717) is 15.6 Å². The first-order chi connectivity index (χ1) is 18.6. The average Bonchev–Trinajstić information content (AvgIpc) is 3.46. The Morgan fingerprint density at radius 1 is 1.13 bits per heavy atom. The minimum atomic E-state index is -4.52. The van der Waals surface area contributed by atoms with Crippen LogP contribution in [0.25, 0.3) is 17.0 Å². The Morgan fingerprint density at radius 2 is 1.90 bits per heavy atom. The molecule has 0 aliphatic carbocycles. The Hall–Kier alpha value is -2.86. The number of aromatic nitrogens is 2. The number of carbonyl (C=O) groups excluding carboxylic acids is 1. The van der Waals surface area contributed by atoms with Gasteiger partial charge < -0.3 is 9.80 Å². The van der Waals surface area contributed by atoms with Gasteiger partial charge in [-0.3, -0.25) is 14.4 Å². The third-order valence-corrected chi connectivity index (χ3v) is 8.28. The van der Waals surface area contributed by atoms with Gasteiger partial charge in [-0.05, 0) is 60.3 Å². The predicted octanol–water partition coefficient (Wildman–Crippen LogP) is 4.91. The molecule has 0 spiro atoms. The molecule has 2 aromatic carbocycles. The molecule has 0 radical (unpaired) electrons. The number of alkyl halides is 3. The third-order valence-electron chi connectivity index (χ3n) is 6.94. The van der Waals surface area contributed by atoms with E-state index in [1.54, 1.807) is 18.3 Å². The molecule has 0 saturated carbocycles. The van der Waals surface area contributed by atoms with Gasteiger partial charge in [0.15, 0.2) is 5.17 Å². The standard InChI is InChI=1S/C27H28ClF3N6OS/c1-34-7-10-36(11-8-34)12-9-35(2)26-33-25(38)24(39-26)14-18-3-6-23-20(13-18)16-32-37(23)17-19-4-5-21(28)15-22(19)27(29,30)31/h3-6,13-16H,7-12,17H2,1-2H3. The van der Waals surface area contributed by atoms with E-state index < -0.39 is 11.7 Å². The highest BCUT2D eigenvalue weighted by molar-refractivity contribution is 8.18. The van der Waals surface area contributed by atoms with Crippen LogP contribution in [0.15, 0.2) is 52.5 Å². The van der Waals surface area contributed by atoms with E-state index in [1.165, 1.54) is 28.6 Å². The zero-order valence-corrected chi connectivity index (χ0v) is 23.2. The molecule has 1 amide bonds. The van der Waals surface area contributed by atoms with Crippen molar-refractivity contribution in [3.63, 3.8) is 0 Å². The molecule has 1 saturated heterocycles. The van der Waals surface area contributed by atoms with Crippen molar-refractivity contribution in [1.29, 1.82) is 0 Å². The highest BCUT2D eigenvalue weighted by atomic mass is 35.5. The molecule has 0 bridgehead atoms. The first-order valence-electron chi connectivity index (χ1n) is 12.5. The molecular formula is C27H28ClF3N6OS. The van der Waals surface area contributed by atoms with Crippen LogP contribution in [0.5, 0.6) is 0 Å². The van der Waals surface area contributed by atoms with E-state index >= 15 is 0 Å². The van der Waals surface area contributed by atoms with E-state index in [9.17, 15) is 18.0 Å². The lowest BCUT2D eigenvalue weighted by Crippen LogP contribution is -2.46. The van der Waals surface area contributed by atoms with E-state index in [2.05, 4.69) is 26.9 Å². The zero-order valence-electron chi connectivity index (χ0n) is 21.6. The molecule has 5 rings (SSSR count). The van der Waals surface area contributed by atoms with Crippen LogP contribution >= 0.6 is 23.4 Å². The molecule has 1 fully saturated rings. The highest BCUT2D eigenvalue weighted by Gasteiger charge is 2.33. The number of halogens is 4. The zero-order chi connectivity index (χ0) is 27.7. The summed E-state index contributed by atoms with van der Waals surface area (Å²) in [5.41, 5.74) is 0.779. The van der Waals surface area contributed by atoms with E-state index in [0.717, 1.165) is 56.3 Å². The summed E-state index contributed by atoms with van der Waals surface area (Å²) in [5.74, 6) is -0.278. The maximum atomic E-state index is 13.5. The fourth-order valence-electron chi connectivity index (χ4n) is 4.60. The number of piperazine rings is 1. The fourth-order valence-corrected chi connectivity index (χ4v) is 5.68. The number of fused-ring (bicyclic) bond motifs is 1. The molecule has 3 aromatic rings. The number of carbonyl (C=O) groups is 1. The van der Waals surface area contributed by atoms with Crippen molar-refractivity contribution in [3.8, 4) is 0 Å². The van der Waals surface area contributed by atoms with E-state index in [4.69, 9.17) is 11.6 Å². The van der Waals surface area contributed by atoms with Gasteiger partial charge in [-0.25, -0.2) is 0 Å². The minimum Gasteiger partial charge on any atom is -0.353 e. The van der Waals surface area contributed by atoms with Crippen LogP contribution in [0.2, 0.25) is 5.02 Å². The summed E-state index contributed by atoms with van der Waals surface area (Å²) in [6.07, 6.45) is -1.12. The normalized spacial score (nSPS) is 18.4. The number of nitrogens with zero attached hydrogens (tertiary/aromatic N) is 6. The van der Waals surface area contributed by atoms with Gasteiger partial charge in [0.25, 0.3) is 5.91 Å². The first-order valence-corrected chi connectivity index (χ1v) is 13.7. The van der Waals surface area contributed by atoms with Crippen molar-refractivity contribution in [3.05, 3.63) is 69.2 Å². The predicted molar refractivity (Wildman–Crippen MR) is 150 cm³/mol. The second kappa shape index (κ2) is 11.3. The minimum absolute atomic E-state index is 0.0294. The van der Waals surface area contributed by atoms with Gasteiger partial charge in [-0.2, -0.15) is 23.3 Å². The van der Waals surface area contributed by atoms with Crippen LogP contribution in [0.3, 0.4) is 0 Å². The van der Waals surface area contributed by atoms with Gasteiger partial charge in [0.1, 0.15) is 0 Å². The number of aliphatic imine (C=N–C) groups is 1. The molecule has 7 nitrogen and oxygen atoms in total. The number of hydrogen-bond acceptors (Lipinski definition) is 6.